The highest BCUT2D eigenvalue weighted by atomic mass is 79.9. The maximum atomic E-state index is 3.53. The SMILES string of the molecule is CC1(C)CNC[C@H]1c1cccc(Br)c1. The van der Waals surface area contributed by atoms with E-state index in [1.54, 1.807) is 0 Å². The first kappa shape index (κ1) is 10.2. The van der Waals surface area contributed by atoms with Crippen molar-refractivity contribution in [3.8, 4) is 0 Å². The van der Waals surface area contributed by atoms with Crippen LogP contribution < -0.4 is 5.32 Å². The summed E-state index contributed by atoms with van der Waals surface area (Å²) < 4.78 is 1.18. The van der Waals surface area contributed by atoms with Crippen LogP contribution in [-0.4, -0.2) is 13.1 Å². The van der Waals surface area contributed by atoms with Crippen LogP contribution in [0, 0.1) is 5.41 Å². The van der Waals surface area contributed by atoms with Crippen LogP contribution in [0.1, 0.15) is 25.3 Å². The van der Waals surface area contributed by atoms with E-state index in [0.29, 0.717) is 11.3 Å². The van der Waals surface area contributed by atoms with Gasteiger partial charge in [-0.15, -0.1) is 0 Å². The molecular formula is C12H16BrN. The summed E-state index contributed by atoms with van der Waals surface area (Å²) in [5.74, 6) is 0.639. The fourth-order valence-electron chi connectivity index (χ4n) is 2.23. The summed E-state index contributed by atoms with van der Waals surface area (Å²) in [4.78, 5) is 0. The molecule has 1 heterocycles. The lowest BCUT2D eigenvalue weighted by atomic mass is 9.78. The van der Waals surface area contributed by atoms with E-state index < -0.39 is 0 Å². The molecule has 0 aromatic heterocycles. The van der Waals surface area contributed by atoms with Crippen molar-refractivity contribution in [1.82, 2.24) is 5.32 Å². The van der Waals surface area contributed by atoms with Gasteiger partial charge in [-0.2, -0.15) is 0 Å². The molecule has 1 aliphatic rings. The van der Waals surface area contributed by atoms with Gasteiger partial charge in [0.05, 0.1) is 0 Å². The largest absolute Gasteiger partial charge is 0.316 e. The molecule has 1 aromatic rings. The summed E-state index contributed by atoms with van der Waals surface area (Å²) in [6.45, 7) is 6.88. The van der Waals surface area contributed by atoms with Gasteiger partial charge < -0.3 is 5.32 Å². The zero-order valence-electron chi connectivity index (χ0n) is 8.68. The Hall–Kier alpha value is -0.340. The van der Waals surface area contributed by atoms with Crippen molar-refractivity contribution in [2.45, 2.75) is 19.8 Å². The average molecular weight is 254 g/mol. The molecule has 76 valence electrons. The molecule has 14 heavy (non-hydrogen) atoms. The van der Waals surface area contributed by atoms with E-state index in [4.69, 9.17) is 0 Å². The Bertz CT molecular complexity index is 333. The maximum Gasteiger partial charge on any atom is 0.0178 e. The van der Waals surface area contributed by atoms with Crippen LogP contribution in [0.15, 0.2) is 28.7 Å². The molecular weight excluding hydrogens is 238 g/mol. The molecule has 0 unspecified atom stereocenters. The van der Waals surface area contributed by atoms with Crippen molar-refractivity contribution in [3.63, 3.8) is 0 Å². The fraction of sp³-hybridized carbons (Fsp3) is 0.500. The van der Waals surface area contributed by atoms with Crippen LogP contribution in [0.3, 0.4) is 0 Å². The number of hydrogen-bond acceptors (Lipinski definition) is 1. The van der Waals surface area contributed by atoms with Gasteiger partial charge in [0, 0.05) is 23.5 Å². The van der Waals surface area contributed by atoms with Gasteiger partial charge in [0.15, 0.2) is 0 Å². The molecule has 2 rings (SSSR count). The molecule has 1 atom stereocenters. The Morgan fingerprint density at radius 1 is 1.43 bits per heavy atom. The zero-order valence-corrected chi connectivity index (χ0v) is 10.3. The smallest absolute Gasteiger partial charge is 0.0178 e. The molecule has 2 heteroatoms. The molecule has 0 aliphatic carbocycles. The lowest BCUT2D eigenvalue weighted by molar-refractivity contribution is 0.363. The molecule has 1 saturated heterocycles. The molecule has 1 N–H and O–H groups in total. The second-order valence-electron chi connectivity index (χ2n) is 4.73. The molecule has 1 aromatic carbocycles. The van der Waals surface area contributed by atoms with E-state index >= 15 is 0 Å². The van der Waals surface area contributed by atoms with Gasteiger partial charge in [0.2, 0.25) is 0 Å². The third-order valence-corrected chi connectivity index (χ3v) is 3.62. The summed E-state index contributed by atoms with van der Waals surface area (Å²) in [6, 6.07) is 8.66. The Morgan fingerprint density at radius 3 is 2.79 bits per heavy atom. The number of halogens is 1. The standard InChI is InChI=1S/C12H16BrN/c1-12(2)8-14-7-11(12)9-4-3-5-10(13)6-9/h3-6,11,14H,7-8H2,1-2H3/t11-/m0/s1. The highest BCUT2D eigenvalue weighted by Crippen LogP contribution is 2.38. The average Bonchev–Trinajstić information content (AvgIpc) is 2.45. The Balaban J connectivity index is 2.31. The van der Waals surface area contributed by atoms with E-state index in [0.717, 1.165) is 13.1 Å². The first-order valence-corrected chi connectivity index (χ1v) is 5.85. The molecule has 0 radical (unpaired) electrons. The van der Waals surface area contributed by atoms with E-state index in [1.807, 2.05) is 0 Å². The molecule has 1 fully saturated rings. The van der Waals surface area contributed by atoms with Gasteiger partial charge in [-0.05, 0) is 23.1 Å². The summed E-state index contributed by atoms with van der Waals surface area (Å²) in [5, 5.41) is 3.47. The van der Waals surface area contributed by atoms with Crippen molar-refractivity contribution in [1.29, 1.82) is 0 Å². The maximum absolute atomic E-state index is 3.53. The number of nitrogens with one attached hydrogen (secondary N) is 1. The third kappa shape index (κ3) is 1.86. The second-order valence-corrected chi connectivity index (χ2v) is 5.64. The summed E-state index contributed by atoms with van der Waals surface area (Å²) >= 11 is 3.53. The molecule has 1 aliphatic heterocycles. The van der Waals surface area contributed by atoms with E-state index in [-0.39, 0.29) is 0 Å². The normalized spacial score (nSPS) is 25.2. The van der Waals surface area contributed by atoms with Gasteiger partial charge in [-0.3, -0.25) is 0 Å². The van der Waals surface area contributed by atoms with Crippen molar-refractivity contribution in [2.24, 2.45) is 5.41 Å². The van der Waals surface area contributed by atoms with E-state index in [9.17, 15) is 0 Å². The highest BCUT2D eigenvalue weighted by molar-refractivity contribution is 9.10. The van der Waals surface area contributed by atoms with Crippen LogP contribution in [0.4, 0.5) is 0 Å². The number of hydrogen-bond donors (Lipinski definition) is 1. The van der Waals surface area contributed by atoms with Crippen LogP contribution in [-0.2, 0) is 0 Å². The van der Waals surface area contributed by atoms with Crippen molar-refractivity contribution in [2.75, 3.05) is 13.1 Å². The van der Waals surface area contributed by atoms with Gasteiger partial charge in [0.1, 0.15) is 0 Å². The molecule has 1 nitrogen and oxygen atoms in total. The van der Waals surface area contributed by atoms with Crippen LogP contribution >= 0.6 is 15.9 Å². The predicted molar refractivity (Wildman–Crippen MR) is 63.5 cm³/mol. The summed E-state index contributed by atoms with van der Waals surface area (Å²) in [7, 11) is 0. The highest BCUT2D eigenvalue weighted by Gasteiger charge is 2.35. The van der Waals surface area contributed by atoms with Crippen LogP contribution in [0.25, 0.3) is 0 Å². The minimum absolute atomic E-state index is 0.376. The Labute approximate surface area is 94.0 Å². The zero-order chi connectivity index (χ0) is 10.2. The Morgan fingerprint density at radius 2 is 2.21 bits per heavy atom. The predicted octanol–water partition coefficient (Wildman–Crippen LogP) is 3.16. The van der Waals surface area contributed by atoms with Gasteiger partial charge in [-0.1, -0.05) is 41.9 Å². The molecule has 0 saturated carbocycles. The second kappa shape index (κ2) is 3.67. The first-order valence-electron chi connectivity index (χ1n) is 5.06. The number of benzene rings is 1. The minimum atomic E-state index is 0.376. The summed E-state index contributed by atoms with van der Waals surface area (Å²) in [5.41, 5.74) is 1.82. The first-order chi connectivity index (χ1) is 6.59. The molecule has 0 bridgehead atoms. The lowest BCUT2D eigenvalue weighted by Crippen LogP contribution is -2.20. The van der Waals surface area contributed by atoms with Gasteiger partial charge >= 0.3 is 0 Å². The quantitative estimate of drug-likeness (QED) is 0.811. The monoisotopic (exact) mass is 253 g/mol. The Kier molecular flexibility index (Phi) is 2.67. The molecule has 0 spiro atoms. The fourth-order valence-corrected chi connectivity index (χ4v) is 2.65. The van der Waals surface area contributed by atoms with E-state index in [1.165, 1.54) is 10.0 Å². The van der Waals surface area contributed by atoms with E-state index in [2.05, 4.69) is 59.4 Å². The van der Waals surface area contributed by atoms with Crippen molar-refractivity contribution < 1.29 is 0 Å². The lowest BCUT2D eigenvalue weighted by Gasteiger charge is -2.26. The van der Waals surface area contributed by atoms with Crippen LogP contribution in [0.5, 0.6) is 0 Å². The molecule has 0 amide bonds. The topological polar surface area (TPSA) is 12.0 Å². The number of rotatable bonds is 1. The van der Waals surface area contributed by atoms with Crippen LogP contribution in [0.2, 0.25) is 0 Å². The van der Waals surface area contributed by atoms with Crippen molar-refractivity contribution >= 4 is 15.9 Å². The van der Waals surface area contributed by atoms with Crippen molar-refractivity contribution in [3.05, 3.63) is 34.3 Å². The summed E-state index contributed by atoms with van der Waals surface area (Å²) in [6.07, 6.45) is 0. The van der Waals surface area contributed by atoms with Gasteiger partial charge in [0.25, 0.3) is 0 Å². The third-order valence-electron chi connectivity index (χ3n) is 3.12. The van der Waals surface area contributed by atoms with Gasteiger partial charge in [-0.25, -0.2) is 0 Å². The minimum Gasteiger partial charge on any atom is -0.316 e.